The topological polar surface area (TPSA) is 84.2 Å². The summed E-state index contributed by atoms with van der Waals surface area (Å²) >= 11 is 0. The molecule has 2 aromatic rings. The predicted molar refractivity (Wildman–Crippen MR) is 118 cm³/mol. The van der Waals surface area contributed by atoms with Gasteiger partial charge < -0.3 is 14.3 Å². The van der Waals surface area contributed by atoms with Crippen LogP contribution in [0.1, 0.15) is 38.0 Å². The number of hydrogen-bond donors (Lipinski definition) is 1. The zero-order chi connectivity index (χ0) is 22.0. The molecule has 0 bridgehead atoms. The van der Waals surface area contributed by atoms with Gasteiger partial charge in [0.2, 0.25) is 0 Å². The minimum absolute atomic E-state index is 0.0564. The fraction of sp³-hybridized carbons (Fsp3) is 0.208. The Morgan fingerprint density at radius 2 is 1.97 bits per heavy atom. The van der Waals surface area contributed by atoms with Crippen molar-refractivity contribution in [2.75, 3.05) is 6.61 Å². The molecule has 0 spiro atoms. The van der Waals surface area contributed by atoms with Crippen LogP contribution in [-0.2, 0) is 9.63 Å². The van der Waals surface area contributed by atoms with Gasteiger partial charge in [-0.05, 0) is 50.1 Å². The number of rotatable bonds is 6. The summed E-state index contributed by atoms with van der Waals surface area (Å²) in [6.45, 7) is 6.08. The average molecular weight is 417 g/mol. The number of nitrogens with zero attached hydrogens (tertiary/aromatic N) is 2. The summed E-state index contributed by atoms with van der Waals surface area (Å²) in [7, 11) is 0. The number of allylic oxidation sites excluding steroid dienone is 1. The number of carbonyl (C=O) groups excluding carboxylic acids is 1. The molecule has 1 atom stereocenters. The Labute approximate surface area is 180 Å². The summed E-state index contributed by atoms with van der Waals surface area (Å²) in [5.41, 5.74) is 1.89. The summed E-state index contributed by atoms with van der Waals surface area (Å²) < 4.78 is 11.9. The largest absolute Gasteiger partial charge is 0.490 e. The van der Waals surface area contributed by atoms with Crippen LogP contribution in [0.5, 0.6) is 11.5 Å². The number of amidine groups is 2. The van der Waals surface area contributed by atoms with Gasteiger partial charge in [-0.1, -0.05) is 36.4 Å². The second-order valence-corrected chi connectivity index (χ2v) is 7.13. The maximum atomic E-state index is 12.5. The number of aliphatic imine (C=N–C) groups is 1. The van der Waals surface area contributed by atoms with Gasteiger partial charge in [0.15, 0.2) is 23.2 Å². The maximum absolute atomic E-state index is 12.5. The Kier molecular flexibility index (Phi) is 5.58. The molecule has 0 radical (unpaired) electrons. The standard InChI is InChI=1S/C24H23N3O4/c1-4-29-21-14-17(10-11-20(21)30-16(3)18-8-6-5-7-9-18)13-19-23(25)27-22(26-24(19)28)12-15(2)31-27/h5-14,16,25H,4H2,1-3H3/b19-13+,25-23?/t16-/m1/s1. The normalized spacial score (nSPS) is 17.6. The van der Waals surface area contributed by atoms with Crippen molar-refractivity contribution in [3.8, 4) is 11.5 Å². The minimum Gasteiger partial charge on any atom is -0.490 e. The van der Waals surface area contributed by atoms with Crippen molar-refractivity contribution in [1.29, 1.82) is 5.41 Å². The van der Waals surface area contributed by atoms with Crippen molar-refractivity contribution in [2.24, 2.45) is 4.99 Å². The predicted octanol–water partition coefficient (Wildman–Crippen LogP) is 4.68. The van der Waals surface area contributed by atoms with E-state index < -0.39 is 5.91 Å². The highest BCUT2D eigenvalue weighted by atomic mass is 16.7. The molecule has 2 heterocycles. The van der Waals surface area contributed by atoms with Crippen LogP contribution < -0.4 is 9.47 Å². The first-order valence-corrected chi connectivity index (χ1v) is 10.0. The molecule has 2 aliphatic rings. The highest BCUT2D eigenvalue weighted by Crippen LogP contribution is 2.33. The summed E-state index contributed by atoms with van der Waals surface area (Å²) in [4.78, 5) is 21.9. The molecule has 158 valence electrons. The molecule has 1 amide bonds. The first-order chi connectivity index (χ1) is 15.0. The number of ether oxygens (including phenoxy) is 2. The molecule has 0 saturated heterocycles. The third kappa shape index (κ3) is 4.21. The molecule has 4 rings (SSSR count). The Hall–Kier alpha value is -3.87. The molecule has 2 aromatic carbocycles. The maximum Gasteiger partial charge on any atom is 0.282 e. The van der Waals surface area contributed by atoms with E-state index in [9.17, 15) is 4.79 Å². The van der Waals surface area contributed by atoms with E-state index in [1.165, 1.54) is 5.06 Å². The van der Waals surface area contributed by atoms with Gasteiger partial charge in [-0.25, -0.2) is 0 Å². The number of hydrogen-bond acceptors (Lipinski definition) is 5. The smallest absolute Gasteiger partial charge is 0.282 e. The number of amides is 1. The molecular formula is C24H23N3O4. The van der Waals surface area contributed by atoms with Gasteiger partial charge in [0.1, 0.15) is 11.9 Å². The monoisotopic (exact) mass is 417 g/mol. The summed E-state index contributed by atoms with van der Waals surface area (Å²) in [5, 5.41) is 9.59. The van der Waals surface area contributed by atoms with Gasteiger partial charge in [0.25, 0.3) is 5.91 Å². The van der Waals surface area contributed by atoms with E-state index in [0.717, 1.165) is 5.56 Å². The lowest BCUT2D eigenvalue weighted by atomic mass is 10.1. The van der Waals surface area contributed by atoms with Crippen molar-refractivity contribution in [3.63, 3.8) is 0 Å². The molecule has 0 unspecified atom stereocenters. The van der Waals surface area contributed by atoms with Gasteiger partial charge in [-0.3, -0.25) is 10.2 Å². The third-order valence-corrected chi connectivity index (χ3v) is 4.83. The van der Waals surface area contributed by atoms with E-state index >= 15 is 0 Å². The molecular weight excluding hydrogens is 394 g/mol. The Bertz CT molecular complexity index is 1120. The van der Waals surface area contributed by atoms with Gasteiger partial charge in [0.05, 0.1) is 12.2 Å². The van der Waals surface area contributed by atoms with Gasteiger partial charge >= 0.3 is 0 Å². The van der Waals surface area contributed by atoms with Gasteiger partial charge in [-0.15, -0.1) is 5.06 Å². The molecule has 0 fully saturated rings. The van der Waals surface area contributed by atoms with Crippen LogP contribution in [0, 0.1) is 5.41 Å². The summed E-state index contributed by atoms with van der Waals surface area (Å²) in [5.74, 6) is 1.52. The lowest BCUT2D eigenvalue weighted by Gasteiger charge is -2.23. The van der Waals surface area contributed by atoms with Crippen LogP contribution >= 0.6 is 0 Å². The van der Waals surface area contributed by atoms with E-state index in [0.29, 0.717) is 35.3 Å². The van der Waals surface area contributed by atoms with E-state index in [4.69, 9.17) is 19.7 Å². The average Bonchev–Trinajstić information content (AvgIpc) is 3.14. The number of nitrogens with one attached hydrogen (secondary N) is 1. The van der Waals surface area contributed by atoms with Gasteiger partial charge in [0, 0.05) is 6.08 Å². The van der Waals surface area contributed by atoms with Crippen molar-refractivity contribution in [1.82, 2.24) is 5.06 Å². The van der Waals surface area contributed by atoms with E-state index in [2.05, 4.69) is 4.99 Å². The van der Waals surface area contributed by atoms with Crippen molar-refractivity contribution in [3.05, 3.63) is 77.1 Å². The first-order valence-electron chi connectivity index (χ1n) is 10.0. The molecule has 2 aliphatic heterocycles. The summed E-state index contributed by atoms with van der Waals surface area (Å²) in [6, 6.07) is 15.3. The Morgan fingerprint density at radius 3 is 2.71 bits per heavy atom. The molecule has 31 heavy (non-hydrogen) atoms. The lowest BCUT2D eigenvalue weighted by molar-refractivity contribution is -0.114. The van der Waals surface area contributed by atoms with Crippen LogP contribution in [-0.4, -0.2) is 29.2 Å². The second kappa shape index (κ2) is 8.47. The molecule has 0 saturated carbocycles. The quantitative estimate of drug-likeness (QED) is 0.690. The molecule has 0 aliphatic carbocycles. The van der Waals surface area contributed by atoms with Crippen LogP contribution in [0.25, 0.3) is 6.08 Å². The molecule has 7 nitrogen and oxygen atoms in total. The van der Waals surface area contributed by atoms with Crippen molar-refractivity contribution >= 4 is 23.7 Å². The number of fused-ring (bicyclic) bond motifs is 1. The SMILES string of the molecule is CCOc1cc(/C=C2\C(=N)N3OC(C)=CC3=NC2=O)ccc1O[C@H](C)c1ccccc1. The van der Waals surface area contributed by atoms with Crippen LogP contribution in [0.2, 0.25) is 0 Å². The van der Waals surface area contributed by atoms with Gasteiger partial charge in [-0.2, -0.15) is 4.99 Å². The fourth-order valence-corrected chi connectivity index (χ4v) is 3.33. The fourth-order valence-electron chi connectivity index (χ4n) is 3.33. The van der Waals surface area contributed by atoms with Crippen LogP contribution in [0.3, 0.4) is 0 Å². The number of carbonyl (C=O) groups is 1. The van der Waals surface area contributed by atoms with E-state index in [1.807, 2.05) is 50.2 Å². The molecule has 1 N–H and O–H groups in total. The Balaban J connectivity index is 1.61. The Morgan fingerprint density at radius 1 is 1.19 bits per heavy atom. The van der Waals surface area contributed by atoms with Crippen molar-refractivity contribution in [2.45, 2.75) is 26.9 Å². The number of hydroxylamine groups is 2. The van der Waals surface area contributed by atoms with E-state index in [1.54, 1.807) is 31.2 Å². The summed E-state index contributed by atoms with van der Waals surface area (Å²) in [6.07, 6.45) is 3.07. The molecule has 0 aromatic heterocycles. The van der Waals surface area contributed by atoms with Crippen LogP contribution in [0.15, 0.2) is 70.9 Å². The first kappa shape index (κ1) is 20.4. The number of benzene rings is 2. The second-order valence-electron chi connectivity index (χ2n) is 7.13. The zero-order valence-corrected chi connectivity index (χ0v) is 17.6. The van der Waals surface area contributed by atoms with E-state index in [-0.39, 0.29) is 17.5 Å². The van der Waals surface area contributed by atoms with Crippen molar-refractivity contribution < 1.29 is 19.1 Å². The highest BCUT2D eigenvalue weighted by Gasteiger charge is 2.34. The third-order valence-electron chi connectivity index (χ3n) is 4.83. The minimum atomic E-state index is -0.484. The lowest BCUT2D eigenvalue weighted by Crippen LogP contribution is -2.38. The highest BCUT2D eigenvalue weighted by molar-refractivity contribution is 6.32. The zero-order valence-electron chi connectivity index (χ0n) is 17.6. The molecule has 7 heteroatoms. The van der Waals surface area contributed by atoms with Crippen LogP contribution in [0.4, 0.5) is 0 Å².